The molecule has 0 spiro atoms. The summed E-state index contributed by atoms with van der Waals surface area (Å²) >= 11 is 0. The lowest BCUT2D eigenvalue weighted by Gasteiger charge is -2.24. The Labute approximate surface area is 83.8 Å². The van der Waals surface area contributed by atoms with Crippen LogP contribution in [-0.2, 0) is 0 Å². The van der Waals surface area contributed by atoms with Gasteiger partial charge >= 0.3 is 0 Å². The molecule has 0 saturated heterocycles. The highest BCUT2D eigenvalue weighted by atomic mass is 16.3. The first kappa shape index (κ1) is 10.7. The maximum Gasteiger partial charge on any atom is 0.150 e. The number of carbonyl (C=O) groups excluding carboxylic acids is 1. The van der Waals surface area contributed by atoms with Crippen molar-refractivity contribution in [2.75, 3.05) is 11.9 Å². The molecule has 0 saturated carbocycles. The van der Waals surface area contributed by atoms with Gasteiger partial charge in [-0.05, 0) is 38.1 Å². The summed E-state index contributed by atoms with van der Waals surface area (Å²) in [5.74, 6) is 0. The van der Waals surface area contributed by atoms with Crippen LogP contribution in [0.1, 0.15) is 24.2 Å². The molecule has 0 aliphatic heterocycles. The Hall–Kier alpha value is -1.35. The van der Waals surface area contributed by atoms with Crippen molar-refractivity contribution in [2.24, 2.45) is 0 Å². The van der Waals surface area contributed by atoms with Crippen molar-refractivity contribution in [3.8, 4) is 0 Å². The monoisotopic (exact) mass is 193 g/mol. The second-order valence-electron chi connectivity index (χ2n) is 3.91. The molecule has 1 aromatic carbocycles. The predicted octanol–water partition coefficient (Wildman–Crippen LogP) is 1.68. The number of hydrogen-bond acceptors (Lipinski definition) is 3. The third-order valence-corrected chi connectivity index (χ3v) is 1.92. The minimum Gasteiger partial charge on any atom is -0.394 e. The topological polar surface area (TPSA) is 49.3 Å². The number of carbonyl (C=O) groups is 1. The van der Waals surface area contributed by atoms with Gasteiger partial charge in [0.25, 0.3) is 0 Å². The van der Waals surface area contributed by atoms with Crippen LogP contribution in [0.5, 0.6) is 0 Å². The van der Waals surface area contributed by atoms with Gasteiger partial charge in [0.15, 0.2) is 0 Å². The summed E-state index contributed by atoms with van der Waals surface area (Å²) in [5, 5.41) is 12.2. The number of rotatable bonds is 4. The summed E-state index contributed by atoms with van der Waals surface area (Å²) < 4.78 is 0. The Balaban J connectivity index is 2.73. The Morgan fingerprint density at radius 2 is 1.93 bits per heavy atom. The molecule has 3 heteroatoms. The number of nitrogens with one attached hydrogen (secondary N) is 1. The zero-order chi connectivity index (χ0) is 10.6. The largest absolute Gasteiger partial charge is 0.394 e. The molecule has 0 unspecified atom stereocenters. The molecular weight excluding hydrogens is 178 g/mol. The minimum absolute atomic E-state index is 0.0580. The molecule has 0 aromatic heterocycles. The quantitative estimate of drug-likeness (QED) is 0.715. The van der Waals surface area contributed by atoms with Gasteiger partial charge in [0.1, 0.15) is 6.29 Å². The summed E-state index contributed by atoms with van der Waals surface area (Å²) in [5.41, 5.74) is 1.20. The van der Waals surface area contributed by atoms with Gasteiger partial charge in [0.05, 0.1) is 12.1 Å². The van der Waals surface area contributed by atoms with E-state index >= 15 is 0 Å². The standard InChI is InChI=1S/C11H15NO2/c1-11(2,8-14)12-10-5-3-9(7-13)4-6-10/h3-7,12,14H,8H2,1-2H3. The van der Waals surface area contributed by atoms with Gasteiger partial charge in [0.2, 0.25) is 0 Å². The van der Waals surface area contributed by atoms with Crippen LogP contribution < -0.4 is 5.32 Å². The molecule has 0 aliphatic rings. The smallest absolute Gasteiger partial charge is 0.150 e. The van der Waals surface area contributed by atoms with Crippen LogP contribution in [-0.4, -0.2) is 23.5 Å². The molecule has 1 rings (SSSR count). The number of aliphatic hydroxyl groups is 1. The Kier molecular flexibility index (Phi) is 3.25. The second kappa shape index (κ2) is 4.24. The zero-order valence-corrected chi connectivity index (χ0v) is 8.45. The van der Waals surface area contributed by atoms with Crippen LogP contribution in [0.3, 0.4) is 0 Å². The number of hydrogen-bond donors (Lipinski definition) is 2. The van der Waals surface area contributed by atoms with Gasteiger partial charge < -0.3 is 10.4 Å². The van der Waals surface area contributed by atoms with E-state index in [9.17, 15) is 4.79 Å². The molecule has 2 N–H and O–H groups in total. The molecule has 0 amide bonds. The number of benzene rings is 1. The average molecular weight is 193 g/mol. The summed E-state index contributed by atoms with van der Waals surface area (Å²) in [7, 11) is 0. The fraction of sp³-hybridized carbons (Fsp3) is 0.364. The van der Waals surface area contributed by atoms with E-state index in [2.05, 4.69) is 5.32 Å². The van der Waals surface area contributed by atoms with Crippen molar-refractivity contribution in [1.29, 1.82) is 0 Å². The number of aldehydes is 1. The van der Waals surface area contributed by atoms with Gasteiger partial charge in [-0.15, -0.1) is 0 Å². The van der Waals surface area contributed by atoms with Gasteiger partial charge in [-0.3, -0.25) is 4.79 Å². The SMILES string of the molecule is CC(C)(CO)Nc1ccc(C=O)cc1. The first-order chi connectivity index (χ1) is 6.57. The third-order valence-electron chi connectivity index (χ3n) is 1.92. The average Bonchev–Trinajstić information content (AvgIpc) is 2.19. The van der Waals surface area contributed by atoms with Gasteiger partial charge in [-0.25, -0.2) is 0 Å². The molecule has 14 heavy (non-hydrogen) atoms. The van der Waals surface area contributed by atoms with E-state index in [1.54, 1.807) is 12.1 Å². The van der Waals surface area contributed by atoms with Crippen molar-refractivity contribution in [3.63, 3.8) is 0 Å². The first-order valence-electron chi connectivity index (χ1n) is 4.52. The van der Waals surface area contributed by atoms with E-state index in [4.69, 9.17) is 5.11 Å². The minimum atomic E-state index is -0.345. The van der Waals surface area contributed by atoms with Crippen LogP contribution in [0, 0.1) is 0 Å². The van der Waals surface area contributed by atoms with Crippen molar-refractivity contribution < 1.29 is 9.90 Å². The van der Waals surface area contributed by atoms with Crippen LogP contribution in [0.15, 0.2) is 24.3 Å². The Morgan fingerprint density at radius 1 is 1.36 bits per heavy atom. The normalized spacial score (nSPS) is 11.1. The van der Waals surface area contributed by atoms with Crippen molar-refractivity contribution >= 4 is 12.0 Å². The molecule has 0 radical (unpaired) electrons. The maximum atomic E-state index is 10.4. The van der Waals surface area contributed by atoms with Gasteiger partial charge in [-0.1, -0.05) is 0 Å². The van der Waals surface area contributed by atoms with Crippen LogP contribution >= 0.6 is 0 Å². The lowest BCUT2D eigenvalue weighted by Crippen LogP contribution is -2.34. The van der Waals surface area contributed by atoms with Crippen LogP contribution in [0.2, 0.25) is 0 Å². The van der Waals surface area contributed by atoms with Crippen molar-refractivity contribution in [1.82, 2.24) is 0 Å². The Morgan fingerprint density at radius 3 is 2.36 bits per heavy atom. The van der Waals surface area contributed by atoms with Crippen molar-refractivity contribution in [3.05, 3.63) is 29.8 Å². The van der Waals surface area contributed by atoms with E-state index in [1.807, 2.05) is 26.0 Å². The molecule has 3 nitrogen and oxygen atoms in total. The summed E-state index contributed by atoms with van der Waals surface area (Å²) in [6.07, 6.45) is 0.807. The molecule has 0 heterocycles. The number of aliphatic hydroxyl groups excluding tert-OH is 1. The lowest BCUT2D eigenvalue weighted by atomic mass is 10.1. The zero-order valence-electron chi connectivity index (χ0n) is 8.45. The summed E-state index contributed by atoms with van der Waals surface area (Å²) in [6, 6.07) is 7.12. The lowest BCUT2D eigenvalue weighted by molar-refractivity contribution is 0.112. The van der Waals surface area contributed by atoms with E-state index in [0.29, 0.717) is 5.56 Å². The molecule has 0 aliphatic carbocycles. The molecule has 1 aromatic rings. The van der Waals surface area contributed by atoms with E-state index in [1.165, 1.54) is 0 Å². The summed E-state index contributed by atoms with van der Waals surface area (Å²) in [4.78, 5) is 10.4. The fourth-order valence-electron chi connectivity index (χ4n) is 1.08. The third kappa shape index (κ3) is 2.85. The second-order valence-corrected chi connectivity index (χ2v) is 3.91. The summed E-state index contributed by atoms with van der Waals surface area (Å²) in [6.45, 7) is 3.86. The molecule has 0 bridgehead atoms. The molecule has 0 atom stereocenters. The van der Waals surface area contributed by atoms with E-state index in [0.717, 1.165) is 12.0 Å². The highest BCUT2D eigenvalue weighted by molar-refractivity contribution is 5.75. The van der Waals surface area contributed by atoms with Crippen molar-refractivity contribution in [2.45, 2.75) is 19.4 Å². The highest BCUT2D eigenvalue weighted by Gasteiger charge is 2.14. The molecule has 76 valence electrons. The maximum absolute atomic E-state index is 10.4. The predicted molar refractivity (Wildman–Crippen MR) is 56.6 cm³/mol. The fourth-order valence-corrected chi connectivity index (χ4v) is 1.08. The Bertz CT molecular complexity index is 304. The highest BCUT2D eigenvalue weighted by Crippen LogP contribution is 2.14. The molecule has 0 fully saturated rings. The van der Waals surface area contributed by atoms with Gasteiger partial charge in [-0.2, -0.15) is 0 Å². The van der Waals surface area contributed by atoms with E-state index < -0.39 is 0 Å². The first-order valence-corrected chi connectivity index (χ1v) is 4.52. The van der Waals surface area contributed by atoms with Crippen LogP contribution in [0.25, 0.3) is 0 Å². The number of anilines is 1. The van der Waals surface area contributed by atoms with E-state index in [-0.39, 0.29) is 12.1 Å². The molecular formula is C11H15NO2. The van der Waals surface area contributed by atoms with Crippen LogP contribution in [0.4, 0.5) is 5.69 Å². The van der Waals surface area contributed by atoms with Gasteiger partial charge in [0, 0.05) is 11.3 Å².